The van der Waals surface area contributed by atoms with Crippen LogP contribution in [0.1, 0.15) is 240 Å². The zero-order valence-corrected chi connectivity index (χ0v) is 48.4. The molecule has 1 heterocycles. The van der Waals surface area contributed by atoms with E-state index in [9.17, 15) is 0 Å². The minimum absolute atomic E-state index is 0.374. The molecule has 2 N–H and O–H groups in total. The molecular weight excluding hydrogens is 935 g/mol. The second-order valence-corrected chi connectivity index (χ2v) is 20.6. The minimum Gasteiger partial charge on any atom is -0.489 e. The summed E-state index contributed by atoms with van der Waals surface area (Å²) in [7, 11) is 0. The molecule has 0 spiro atoms. The highest BCUT2D eigenvalue weighted by Gasteiger charge is 2.21. The highest BCUT2D eigenvalue weighted by molar-refractivity contribution is 5.70. The van der Waals surface area contributed by atoms with Crippen LogP contribution in [0.5, 0.6) is 34.5 Å². The largest absolute Gasteiger partial charge is 0.489 e. The second kappa shape index (κ2) is 40.3. The molecule has 3 aromatic carbocycles. The molecule has 0 aliphatic rings. The first kappa shape index (κ1) is 62.6. The van der Waals surface area contributed by atoms with E-state index in [1.807, 2.05) is 24.3 Å². The molecule has 0 radical (unpaired) electrons. The SMILES string of the molecule is CCCCCCCOc1cc(Nc2nc(Nc3cc(OCCCCCCC)c(OCCCCCCC)c(OCCCCCCC)c3)nc(-c3ccc(C)cc3)n2)cc(OCCCCCCC)c1OCCCCCCC. The third kappa shape index (κ3) is 26.1. The van der Waals surface area contributed by atoms with Gasteiger partial charge < -0.3 is 39.1 Å². The molecule has 0 unspecified atom stereocenters. The van der Waals surface area contributed by atoms with Crippen molar-refractivity contribution in [2.45, 2.75) is 241 Å². The molecule has 0 amide bonds. The van der Waals surface area contributed by atoms with Gasteiger partial charge >= 0.3 is 0 Å². The van der Waals surface area contributed by atoms with Gasteiger partial charge in [-0.05, 0) is 45.4 Å². The number of nitrogens with zero attached hydrogens (tertiary/aromatic N) is 3. The van der Waals surface area contributed by atoms with Gasteiger partial charge in [0, 0.05) is 41.2 Å². The number of hydrogen-bond acceptors (Lipinski definition) is 11. The molecule has 0 atom stereocenters. The average molecular weight is 1040 g/mol. The lowest BCUT2D eigenvalue weighted by Gasteiger charge is -2.20. The van der Waals surface area contributed by atoms with Crippen molar-refractivity contribution in [3.63, 3.8) is 0 Å². The van der Waals surface area contributed by atoms with Crippen molar-refractivity contribution in [2.24, 2.45) is 0 Å². The molecule has 11 nitrogen and oxygen atoms in total. The summed E-state index contributed by atoms with van der Waals surface area (Å²) in [6, 6.07) is 16.3. The monoisotopic (exact) mass is 1040 g/mol. The number of hydrogen-bond donors (Lipinski definition) is 2. The maximum Gasteiger partial charge on any atom is 0.232 e. The average Bonchev–Trinajstić information content (AvgIpc) is 3.41. The predicted octanol–water partition coefficient (Wildman–Crippen LogP) is 19.4. The molecule has 0 saturated carbocycles. The van der Waals surface area contributed by atoms with Gasteiger partial charge in [-0.3, -0.25) is 0 Å². The Kier molecular flexibility index (Phi) is 33.7. The summed E-state index contributed by atoms with van der Waals surface area (Å²) in [5, 5.41) is 7.14. The summed E-state index contributed by atoms with van der Waals surface area (Å²) in [6.07, 6.45) is 34.4. The topological polar surface area (TPSA) is 118 Å². The van der Waals surface area contributed by atoms with E-state index in [-0.39, 0.29) is 0 Å². The molecule has 0 aliphatic carbocycles. The van der Waals surface area contributed by atoms with E-state index in [4.69, 9.17) is 43.4 Å². The Morgan fingerprint density at radius 1 is 0.320 bits per heavy atom. The van der Waals surface area contributed by atoms with Gasteiger partial charge in [0.25, 0.3) is 0 Å². The molecule has 0 aliphatic heterocycles. The van der Waals surface area contributed by atoms with E-state index in [2.05, 4.69) is 83.4 Å². The molecule has 1 aromatic heterocycles. The summed E-state index contributed by atoms with van der Waals surface area (Å²) in [4.78, 5) is 15.1. The standard InChI is InChI=1S/C64H103N5O6/c1-8-14-20-26-32-42-70-56-48-54(49-57(71-43-33-27-21-15-9-2)60(56)74-46-36-30-24-18-12-5)65-63-67-62(53-40-38-52(7)39-41-53)68-64(69-63)66-55-50-58(72-44-34-28-22-16-10-3)61(75-47-37-31-25-19-13-6)59(51-55)73-45-35-29-23-17-11-4/h38-41,48-51H,8-37,42-47H2,1-7H3,(H2,65,66,67,68,69). The van der Waals surface area contributed by atoms with E-state index in [0.717, 1.165) is 99.6 Å². The molecule has 75 heavy (non-hydrogen) atoms. The summed E-state index contributed by atoms with van der Waals surface area (Å²) in [5.74, 6) is 5.26. The molecular formula is C64H103N5O6. The van der Waals surface area contributed by atoms with Crippen molar-refractivity contribution in [2.75, 3.05) is 50.3 Å². The van der Waals surface area contributed by atoms with Crippen molar-refractivity contribution in [1.29, 1.82) is 0 Å². The van der Waals surface area contributed by atoms with Gasteiger partial charge in [-0.15, -0.1) is 0 Å². The summed E-state index contributed by atoms with van der Waals surface area (Å²) in [5.41, 5.74) is 3.50. The first-order chi connectivity index (χ1) is 36.9. The van der Waals surface area contributed by atoms with Crippen LogP contribution >= 0.6 is 0 Å². The molecule has 4 rings (SSSR count). The van der Waals surface area contributed by atoms with Crippen LogP contribution in [0.15, 0.2) is 48.5 Å². The number of aromatic nitrogens is 3. The predicted molar refractivity (Wildman–Crippen MR) is 315 cm³/mol. The number of unbranched alkanes of at least 4 members (excludes halogenated alkanes) is 24. The maximum absolute atomic E-state index is 6.64. The zero-order valence-electron chi connectivity index (χ0n) is 48.4. The maximum atomic E-state index is 6.64. The minimum atomic E-state index is 0.374. The first-order valence-corrected chi connectivity index (χ1v) is 30.4. The number of nitrogens with one attached hydrogen (secondary N) is 2. The Hall–Kier alpha value is -4.93. The molecule has 11 heteroatoms. The van der Waals surface area contributed by atoms with Gasteiger partial charge in [-0.1, -0.05) is 225 Å². The van der Waals surface area contributed by atoms with Crippen molar-refractivity contribution >= 4 is 23.3 Å². The first-order valence-electron chi connectivity index (χ1n) is 30.4. The van der Waals surface area contributed by atoms with Crippen molar-refractivity contribution < 1.29 is 28.4 Å². The van der Waals surface area contributed by atoms with E-state index < -0.39 is 0 Å². The third-order valence-electron chi connectivity index (χ3n) is 13.5. The van der Waals surface area contributed by atoms with Crippen molar-refractivity contribution in [3.05, 3.63) is 54.1 Å². The van der Waals surface area contributed by atoms with E-state index in [1.165, 1.54) is 116 Å². The van der Waals surface area contributed by atoms with Crippen molar-refractivity contribution in [1.82, 2.24) is 15.0 Å². The van der Waals surface area contributed by atoms with Gasteiger partial charge in [0.15, 0.2) is 28.8 Å². The molecule has 0 fully saturated rings. The normalized spacial score (nSPS) is 11.2. The van der Waals surface area contributed by atoms with Gasteiger partial charge in [0.05, 0.1) is 39.6 Å². The van der Waals surface area contributed by atoms with E-state index in [1.54, 1.807) is 0 Å². The number of rotatable bonds is 47. The van der Waals surface area contributed by atoms with E-state index in [0.29, 0.717) is 91.9 Å². The molecule has 420 valence electrons. The summed E-state index contributed by atoms with van der Waals surface area (Å²) in [6.45, 7) is 19.1. The van der Waals surface area contributed by atoms with Crippen LogP contribution in [0.25, 0.3) is 11.4 Å². The fraction of sp³-hybridized carbons (Fsp3) is 0.672. The molecule has 4 aromatic rings. The lowest BCUT2D eigenvalue weighted by Crippen LogP contribution is -2.09. The van der Waals surface area contributed by atoms with Crippen LogP contribution in [-0.2, 0) is 0 Å². The number of aryl methyl sites for hydroxylation is 1. The number of ether oxygens (including phenoxy) is 6. The summed E-state index contributed by atoms with van der Waals surface area (Å²) < 4.78 is 39.8. The van der Waals surface area contributed by atoms with Gasteiger partial charge in [-0.25, -0.2) is 0 Å². The Balaban J connectivity index is 1.77. The lowest BCUT2D eigenvalue weighted by atomic mass is 10.1. The van der Waals surface area contributed by atoms with Gasteiger partial charge in [0.1, 0.15) is 0 Å². The van der Waals surface area contributed by atoms with E-state index >= 15 is 0 Å². The lowest BCUT2D eigenvalue weighted by molar-refractivity contribution is 0.234. The Labute approximate surface area is 456 Å². The fourth-order valence-electron chi connectivity index (χ4n) is 8.90. The zero-order chi connectivity index (χ0) is 53.4. The third-order valence-corrected chi connectivity index (χ3v) is 13.5. The van der Waals surface area contributed by atoms with Crippen LogP contribution in [0.2, 0.25) is 0 Å². The summed E-state index contributed by atoms with van der Waals surface area (Å²) >= 11 is 0. The molecule has 0 saturated heterocycles. The van der Waals surface area contributed by atoms with Crippen LogP contribution in [0.3, 0.4) is 0 Å². The second-order valence-electron chi connectivity index (χ2n) is 20.6. The Bertz CT molecular complexity index is 1870. The van der Waals surface area contributed by atoms with Gasteiger partial charge in [0.2, 0.25) is 23.4 Å². The Morgan fingerprint density at radius 3 is 0.867 bits per heavy atom. The smallest absolute Gasteiger partial charge is 0.232 e. The van der Waals surface area contributed by atoms with Crippen LogP contribution in [0, 0.1) is 6.92 Å². The number of benzene rings is 3. The fourth-order valence-corrected chi connectivity index (χ4v) is 8.90. The quantitative estimate of drug-likeness (QED) is 0.0412. The highest BCUT2D eigenvalue weighted by Crippen LogP contribution is 2.44. The van der Waals surface area contributed by atoms with Crippen LogP contribution < -0.4 is 39.1 Å². The van der Waals surface area contributed by atoms with Gasteiger partial charge in [-0.2, -0.15) is 15.0 Å². The highest BCUT2D eigenvalue weighted by atomic mass is 16.5. The number of anilines is 4. The Morgan fingerprint density at radius 2 is 0.587 bits per heavy atom. The molecule has 0 bridgehead atoms. The van der Waals surface area contributed by atoms with Crippen LogP contribution in [0.4, 0.5) is 23.3 Å². The van der Waals surface area contributed by atoms with Crippen molar-refractivity contribution in [3.8, 4) is 45.9 Å². The van der Waals surface area contributed by atoms with Crippen LogP contribution in [-0.4, -0.2) is 54.6 Å².